The van der Waals surface area contributed by atoms with Crippen LogP contribution in [0.25, 0.3) is 0 Å². The summed E-state index contributed by atoms with van der Waals surface area (Å²) in [6, 6.07) is 4.97. The number of nitrogen functional groups attached to an aromatic ring is 1. The molecule has 1 heterocycles. The fraction of sp³-hybridized carbons (Fsp3) is 0.538. The first-order valence-corrected chi connectivity index (χ1v) is 5.95. The van der Waals surface area contributed by atoms with Gasteiger partial charge in [0.25, 0.3) is 0 Å². The van der Waals surface area contributed by atoms with Gasteiger partial charge in [-0.3, -0.25) is 4.90 Å². The second-order valence-electron chi connectivity index (χ2n) is 4.65. The Morgan fingerprint density at radius 3 is 2.94 bits per heavy atom. The van der Waals surface area contributed by atoms with Crippen LogP contribution >= 0.6 is 0 Å². The summed E-state index contributed by atoms with van der Waals surface area (Å²) in [6.07, 6.45) is 2.47. The number of likely N-dealkylation sites (tertiary alicyclic amines) is 1. The molecule has 1 aliphatic heterocycles. The van der Waals surface area contributed by atoms with E-state index in [1.807, 2.05) is 0 Å². The third kappa shape index (κ3) is 2.53. The summed E-state index contributed by atoms with van der Waals surface area (Å²) >= 11 is 0. The van der Waals surface area contributed by atoms with E-state index in [1.54, 1.807) is 12.1 Å². The van der Waals surface area contributed by atoms with Gasteiger partial charge < -0.3 is 5.73 Å². The maximum absolute atomic E-state index is 13.6. The normalized spacial score (nSPS) is 21.5. The van der Waals surface area contributed by atoms with Gasteiger partial charge in [-0.1, -0.05) is 19.4 Å². The van der Waals surface area contributed by atoms with Crippen molar-refractivity contribution >= 4 is 5.69 Å². The quantitative estimate of drug-likeness (QED) is 0.797. The highest BCUT2D eigenvalue weighted by atomic mass is 19.1. The van der Waals surface area contributed by atoms with Crippen LogP contribution in [-0.2, 0) is 6.54 Å². The summed E-state index contributed by atoms with van der Waals surface area (Å²) in [7, 11) is 0. The Hall–Kier alpha value is -1.09. The van der Waals surface area contributed by atoms with E-state index in [9.17, 15) is 4.39 Å². The van der Waals surface area contributed by atoms with Gasteiger partial charge in [-0.2, -0.15) is 0 Å². The second-order valence-corrected chi connectivity index (χ2v) is 4.65. The summed E-state index contributed by atoms with van der Waals surface area (Å²) in [5.74, 6) is 0.608. The molecule has 0 saturated carbocycles. The summed E-state index contributed by atoms with van der Waals surface area (Å²) < 4.78 is 13.6. The van der Waals surface area contributed by atoms with Gasteiger partial charge in [-0.15, -0.1) is 0 Å². The monoisotopic (exact) mass is 222 g/mol. The zero-order chi connectivity index (χ0) is 11.5. The number of nitrogens with zero attached hydrogens (tertiary/aromatic N) is 1. The van der Waals surface area contributed by atoms with Gasteiger partial charge >= 0.3 is 0 Å². The van der Waals surface area contributed by atoms with Gasteiger partial charge in [0.2, 0.25) is 0 Å². The number of nitrogens with two attached hydrogens (primary N) is 1. The lowest BCUT2D eigenvalue weighted by Crippen LogP contribution is -2.20. The molecule has 3 heteroatoms. The molecule has 1 atom stereocenters. The highest BCUT2D eigenvalue weighted by Gasteiger charge is 2.21. The van der Waals surface area contributed by atoms with Crippen molar-refractivity contribution in [1.29, 1.82) is 0 Å². The second kappa shape index (κ2) is 4.83. The molecular formula is C13H19FN2. The number of benzene rings is 1. The summed E-state index contributed by atoms with van der Waals surface area (Å²) in [4.78, 5) is 2.32. The Labute approximate surface area is 96.2 Å². The first-order valence-electron chi connectivity index (χ1n) is 5.95. The van der Waals surface area contributed by atoms with E-state index >= 15 is 0 Å². The highest BCUT2D eigenvalue weighted by Crippen LogP contribution is 2.22. The van der Waals surface area contributed by atoms with Crippen LogP contribution in [0.3, 0.4) is 0 Å². The maximum atomic E-state index is 13.6. The highest BCUT2D eigenvalue weighted by molar-refractivity contribution is 5.40. The van der Waals surface area contributed by atoms with Crippen LogP contribution in [0.4, 0.5) is 10.1 Å². The van der Waals surface area contributed by atoms with Crippen molar-refractivity contribution in [3.05, 3.63) is 29.6 Å². The van der Waals surface area contributed by atoms with Gasteiger partial charge in [0, 0.05) is 24.3 Å². The Morgan fingerprint density at radius 1 is 1.50 bits per heavy atom. The molecule has 1 aromatic carbocycles. The van der Waals surface area contributed by atoms with Crippen LogP contribution in [0, 0.1) is 11.7 Å². The van der Waals surface area contributed by atoms with Crippen molar-refractivity contribution < 1.29 is 4.39 Å². The fourth-order valence-electron chi connectivity index (χ4n) is 2.32. The van der Waals surface area contributed by atoms with E-state index in [-0.39, 0.29) is 5.82 Å². The van der Waals surface area contributed by atoms with Crippen molar-refractivity contribution in [2.75, 3.05) is 18.8 Å². The molecule has 2 rings (SSSR count). The Bertz CT molecular complexity index is 365. The molecule has 1 aliphatic rings. The summed E-state index contributed by atoms with van der Waals surface area (Å²) in [6.45, 7) is 5.11. The van der Waals surface area contributed by atoms with Crippen molar-refractivity contribution in [3.63, 3.8) is 0 Å². The SMILES string of the molecule is CCC1CCN(Cc2ccc(N)cc2F)C1. The third-order valence-electron chi connectivity index (χ3n) is 3.42. The fourth-order valence-corrected chi connectivity index (χ4v) is 2.32. The third-order valence-corrected chi connectivity index (χ3v) is 3.42. The van der Waals surface area contributed by atoms with E-state index in [4.69, 9.17) is 5.73 Å². The molecule has 0 bridgehead atoms. The van der Waals surface area contributed by atoms with E-state index in [1.165, 1.54) is 18.9 Å². The van der Waals surface area contributed by atoms with E-state index in [0.29, 0.717) is 12.2 Å². The van der Waals surface area contributed by atoms with E-state index in [2.05, 4.69) is 11.8 Å². The predicted octanol–water partition coefficient (Wildman–Crippen LogP) is 2.64. The largest absolute Gasteiger partial charge is 0.399 e. The zero-order valence-electron chi connectivity index (χ0n) is 9.75. The molecule has 16 heavy (non-hydrogen) atoms. The molecule has 0 aromatic heterocycles. The average Bonchev–Trinajstić information content (AvgIpc) is 2.70. The van der Waals surface area contributed by atoms with Gasteiger partial charge in [0.1, 0.15) is 5.82 Å². The number of rotatable bonds is 3. The van der Waals surface area contributed by atoms with Crippen molar-refractivity contribution in [1.82, 2.24) is 4.90 Å². The first kappa shape index (κ1) is 11.4. The molecule has 1 unspecified atom stereocenters. The molecule has 88 valence electrons. The van der Waals surface area contributed by atoms with Gasteiger partial charge in [0.15, 0.2) is 0 Å². The Balaban J connectivity index is 1.99. The lowest BCUT2D eigenvalue weighted by Gasteiger charge is -2.16. The van der Waals surface area contributed by atoms with Crippen LogP contribution in [-0.4, -0.2) is 18.0 Å². The summed E-state index contributed by atoms with van der Waals surface area (Å²) in [5, 5.41) is 0. The van der Waals surface area contributed by atoms with Crippen LogP contribution in [0.2, 0.25) is 0 Å². The Morgan fingerprint density at radius 2 is 2.31 bits per heavy atom. The number of hydrogen-bond donors (Lipinski definition) is 1. The first-order chi connectivity index (χ1) is 7.69. The van der Waals surface area contributed by atoms with Gasteiger partial charge in [0.05, 0.1) is 0 Å². The lowest BCUT2D eigenvalue weighted by molar-refractivity contribution is 0.310. The molecule has 1 aromatic rings. The molecular weight excluding hydrogens is 203 g/mol. The predicted molar refractivity (Wildman–Crippen MR) is 64.5 cm³/mol. The maximum Gasteiger partial charge on any atom is 0.129 e. The molecule has 0 radical (unpaired) electrons. The van der Waals surface area contributed by atoms with E-state index in [0.717, 1.165) is 24.6 Å². The number of anilines is 1. The molecule has 1 saturated heterocycles. The minimum atomic E-state index is -0.181. The van der Waals surface area contributed by atoms with Crippen LogP contribution in [0.1, 0.15) is 25.3 Å². The van der Waals surface area contributed by atoms with Crippen LogP contribution < -0.4 is 5.73 Å². The average molecular weight is 222 g/mol. The van der Waals surface area contributed by atoms with Crippen LogP contribution in [0.15, 0.2) is 18.2 Å². The van der Waals surface area contributed by atoms with Gasteiger partial charge in [-0.25, -0.2) is 4.39 Å². The molecule has 0 amide bonds. The topological polar surface area (TPSA) is 29.3 Å². The lowest BCUT2D eigenvalue weighted by atomic mass is 10.1. The van der Waals surface area contributed by atoms with Gasteiger partial charge in [-0.05, 0) is 31.0 Å². The molecule has 0 spiro atoms. The van der Waals surface area contributed by atoms with Crippen LogP contribution in [0.5, 0.6) is 0 Å². The smallest absolute Gasteiger partial charge is 0.129 e. The molecule has 2 N–H and O–H groups in total. The van der Waals surface area contributed by atoms with E-state index < -0.39 is 0 Å². The van der Waals surface area contributed by atoms with Crippen molar-refractivity contribution in [2.24, 2.45) is 5.92 Å². The Kier molecular flexibility index (Phi) is 3.44. The van der Waals surface area contributed by atoms with Crippen molar-refractivity contribution in [2.45, 2.75) is 26.3 Å². The molecule has 1 fully saturated rings. The minimum absolute atomic E-state index is 0.181. The minimum Gasteiger partial charge on any atom is -0.399 e. The standard InChI is InChI=1S/C13H19FN2/c1-2-10-5-6-16(8-10)9-11-3-4-12(15)7-13(11)14/h3-4,7,10H,2,5-6,8-9,15H2,1H3. The summed E-state index contributed by atoms with van der Waals surface area (Å²) in [5.41, 5.74) is 6.78. The van der Waals surface area contributed by atoms with Crippen molar-refractivity contribution in [3.8, 4) is 0 Å². The number of halogens is 1. The molecule has 0 aliphatic carbocycles. The molecule has 2 nitrogen and oxygen atoms in total. The zero-order valence-corrected chi connectivity index (χ0v) is 9.75. The number of hydrogen-bond acceptors (Lipinski definition) is 2.